The largest absolute Gasteiger partial charge is 0.324 e. The molecule has 0 atom stereocenters. The number of carbonyl (C=O) groups excluding carboxylic acids is 1. The van der Waals surface area contributed by atoms with E-state index in [1.54, 1.807) is 35.2 Å². The van der Waals surface area contributed by atoms with E-state index in [1.165, 1.54) is 6.07 Å². The summed E-state index contributed by atoms with van der Waals surface area (Å²) >= 11 is 6.22. The van der Waals surface area contributed by atoms with Gasteiger partial charge in [-0.2, -0.15) is 0 Å². The Balaban J connectivity index is 0.000000338. The molecule has 7 nitrogen and oxygen atoms in total. The first-order valence-corrected chi connectivity index (χ1v) is 12.7. The van der Waals surface area contributed by atoms with Crippen LogP contribution in [-0.4, -0.2) is 68.1 Å². The lowest BCUT2D eigenvalue weighted by molar-refractivity contribution is -0.367. The molecule has 2 aliphatic rings. The zero-order valence-electron chi connectivity index (χ0n) is 21.5. The highest BCUT2D eigenvalue weighted by Gasteiger charge is 2.26. The van der Waals surface area contributed by atoms with Crippen LogP contribution in [0.3, 0.4) is 0 Å². The van der Waals surface area contributed by atoms with Crippen LogP contribution in [0, 0.1) is 5.82 Å². The molecule has 2 heterocycles. The van der Waals surface area contributed by atoms with E-state index in [9.17, 15) is 9.18 Å². The molecule has 0 saturated carbocycles. The first kappa shape index (κ1) is 28.2. The Labute approximate surface area is 217 Å². The number of rotatable bonds is 6. The Morgan fingerprint density at radius 1 is 1.00 bits per heavy atom. The van der Waals surface area contributed by atoms with Crippen LogP contribution < -0.4 is 4.90 Å². The Kier molecular flexibility index (Phi) is 10.4. The molecule has 0 radical (unpaired) electrons. The average Bonchev–Trinajstić information content (AvgIpc) is 2.96. The number of benzene rings is 2. The van der Waals surface area contributed by atoms with Crippen molar-refractivity contribution >= 4 is 28.9 Å². The summed E-state index contributed by atoms with van der Waals surface area (Å²) in [5, 5.41) is 0.524. The van der Waals surface area contributed by atoms with E-state index in [2.05, 4.69) is 23.7 Å². The van der Waals surface area contributed by atoms with Gasteiger partial charge in [-0.05, 0) is 64.2 Å². The van der Waals surface area contributed by atoms with E-state index < -0.39 is 0 Å². The number of fused-ring (bicyclic) bond motifs is 1. The summed E-state index contributed by atoms with van der Waals surface area (Å²) in [6.45, 7) is 12.9. The van der Waals surface area contributed by atoms with E-state index in [1.807, 2.05) is 26.8 Å². The monoisotopic (exact) mass is 519 g/mol. The van der Waals surface area contributed by atoms with Crippen LogP contribution in [0.2, 0.25) is 5.02 Å². The lowest BCUT2D eigenvalue weighted by atomic mass is 9.99. The van der Waals surface area contributed by atoms with Gasteiger partial charge in [-0.15, -0.1) is 0 Å². The molecule has 1 amide bonds. The number of benzodiazepines with no additional fused rings is 1. The lowest BCUT2D eigenvalue weighted by Crippen LogP contribution is -2.39. The number of ether oxygens (including phenoxy) is 3. The predicted molar refractivity (Wildman–Crippen MR) is 140 cm³/mol. The Morgan fingerprint density at radius 2 is 1.61 bits per heavy atom. The number of carbonyl (C=O) groups is 1. The van der Waals surface area contributed by atoms with Gasteiger partial charge in [0.25, 0.3) is 0 Å². The maximum absolute atomic E-state index is 14.4. The molecule has 0 N–H and O–H groups in total. The molecule has 2 aromatic rings. The third-order valence-corrected chi connectivity index (χ3v) is 6.23. The summed E-state index contributed by atoms with van der Waals surface area (Å²) in [6, 6.07) is 11.8. The molecule has 1 fully saturated rings. The van der Waals surface area contributed by atoms with Crippen molar-refractivity contribution in [1.82, 2.24) is 4.90 Å². The van der Waals surface area contributed by atoms with Gasteiger partial charge in [-0.1, -0.05) is 37.6 Å². The first-order chi connectivity index (χ1) is 17.2. The number of halogens is 2. The molecule has 0 unspecified atom stereocenters. The third kappa shape index (κ3) is 7.33. The van der Waals surface area contributed by atoms with Gasteiger partial charge < -0.3 is 24.0 Å². The molecule has 0 spiro atoms. The topological polar surface area (TPSA) is 63.6 Å². The maximum Gasteiger partial charge on any atom is 0.248 e. The van der Waals surface area contributed by atoms with Crippen molar-refractivity contribution < 1.29 is 23.4 Å². The zero-order chi connectivity index (χ0) is 26.2. The van der Waals surface area contributed by atoms with Crippen molar-refractivity contribution in [2.24, 2.45) is 4.99 Å². The Hall–Kier alpha value is -2.36. The number of nitrogens with zero attached hydrogens (tertiary/aromatic N) is 3. The van der Waals surface area contributed by atoms with Crippen LogP contribution in [0.5, 0.6) is 0 Å². The van der Waals surface area contributed by atoms with Gasteiger partial charge in [0, 0.05) is 29.2 Å². The van der Waals surface area contributed by atoms with Crippen LogP contribution in [-0.2, 0) is 19.0 Å². The van der Waals surface area contributed by atoms with E-state index in [0.717, 1.165) is 25.3 Å². The normalized spacial score (nSPS) is 21.9. The van der Waals surface area contributed by atoms with Crippen molar-refractivity contribution in [1.29, 1.82) is 0 Å². The fraction of sp³-hybridized carbons (Fsp3) is 0.481. The Bertz CT molecular complexity index is 1040. The van der Waals surface area contributed by atoms with Crippen molar-refractivity contribution in [2.75, 3.05) is 37.6 Å². The zero-order valence-corrected chi connectivity index (χ0v) is 22.3. The first-order valence-electron chi connectivity index (χ1n) is 12.3. The fourth-order valence-corrected chi connectivity index (χ4v) is 4.37. The van der Waals surface area contributed by atoms with Crippen LogP contribution >= 0.6 is 11.6 Å². The highest BCUT2D eigenvalue weighted by molar-refractivity contribution is 6.32. The molecule has 0 aliphatic carbocycles. The minimum atomic E-state index is -0.369. The van der Waals surface area contributed by atoms with Gasteiger partial charge in [0.2, 0.25) is 5.91 Å². The highest BCUT2D eigenvalue weighted by Crippen LogP contribution is 2.30. The molecule has 196 valence electrons. The molecule has 9 heteroatoms. The molecule has 1 saturated heterocycles. The second-order valence-corrected chi connectivity index (χ2v) is 8.93. The van der Waals surface area contributed by atoms with Gasteiger partial charge >= 0.3 is 0 Å². The third-order valence-electron chi connectivity index (χ3n) is 5.99. The van der Waals surface area contributed by atoms with E-state index >= 15 is 0 Å². The van der Waals surface area contributed by atoms with E-state index in [4.69, 9.17) is 25.8 Å². The van der Waals surface area contributed by atoms with Gasteiger partial charge in [-0.3, -0.25) is 9.79 Å². The minimum absolute atomic E-state index is 0.0196. The summed E-state index contributed by atoms with van der Waals surface area (Å²) in [5.41, 5.74) is 2.23. The number of hydrogen-bond donors (Lipinski definition) is 0. The molecule has 0 bridgehead atoms. The summed E-state index contributed by atoms with van der Waals surface area (Å²) in [7, 11) is 0. The summed E-state index contributed by atoms with van der Waals surface area (Å²) < 4.78 is 29.8. The molecular formula is C27H35ClFN3O4. The van der Waals surface area contributed by atoms with Crippen LogP contribution in [0.15, 0.2) is 47.5 Å². The van der Waals surface area contributed by atoms with Gasteiger partial charge in [-0.25, -0.2) is 4.39 Å². The predicted octanol–water partition coefficient (Wildman–Crippen LogP) is 5.09. The number of likely N-dealkylation sites (N-methyl/N-ethyl adjacent to an activating group) is 1. The standard InChI is InChI=1S/C21H23ClFN3O.C6H12O3/c1-3-25(4-2)11-12-26-19-10-9-15(22)13-17(19)21(24-14-20(26)27)16-7-5-6-8-18(16)23;1-4-7-5(2)9-6(3)8-4/h5-10,13H,3-4,11-12,14H2,1-2H3;4-6H,1-3H3. The number of amides is 1. The minimum Gasteiger partial charge on any atom is -0.324 e. The van der Waals surface area contributed by atoms with Crippen LogP contribution in [0.4, 0.5) is 10.1 Å². The summed E-state index contributed by atoms with van der Waals surface area (Å²) in [4.78, 5) is 21.2. The number of aliphatic imine (C=N–C) groups is 1. The lowest BCUT2D eigenvalue weighted by Gasteiger charge is -2.30. The SMILES string of the molecule is CC1OC(C)OC(C)O1.CCN(CC)CCN1C(=O)CN=C(c2ccccc2F)c2cc(Cl)ccc21. The summed E-state index contributed by atoms with van der Waals surface area (Å²) in [6.07, 6.45) is -0.406. The highest BCUT2D eigenvalue weighted by atomic mass is 35.5. The molecule has 2 aromatic carbocycles. The fourth-order valence-electron chi connectivity index (χ4n) is 4.20. The Morgan fingerprint density at radius 3 is 2.19 bits per heavy atom. The molecule has 36 heavy (non-hydrogen) atoms. The van der Waals surface area contributed by atoms with Gasteiger partial charge in [0.1, 0.15) is 12.4 Å². The van der Waals surface area contributed by atoms with Crippen molar-refractivity contribution in [3.63, 3.8) is 0 Å². The van der Waals surface area contributed by atoms with Crippen LogP contribution in [0.1, 0.15) is 45.7 Å². The average molecular weight is 520 g/mol. The van der Waals surface area contributed by atoms with Crippen molar-refractivity contribution in [3.8, 4) is 0 Å². The van der Waals surface area contributed by atoms with Crippen LogP contribution in [0.25, 0.3) is 0 Å². The smallest absolute Gasteiger partial charge is 0.248 e. The summed E-state index contributed by atoms with van der Waals surface area (Å²) in [5.74, 6) is -0.469. The number of hydrogen-bond acceptors (Lipinski definition) is 6. The number of anilines is 1. The molecule has 4 rings (SSSR count). The molecular weight excluding hydrogens is 485 g/mol. The van der Waals surface area contributed by atoms with Crippen molar-refractivity contribution in [2.45, 2.75) is 53.5 Å². The second-order valence-electron chi connectivity index (χ2n) is 8.49. The maximum atomic E-state index is 14.4. The quantitative estimate of drug-likeness (QED) is 0.532. The molecule has 0 aromatic heterocycles. The van der Waals surface area contributed by atoms with Gasteiger partial charge in [0.05, 0.1) is 11.4 Å². The van der Waals surface area contributed by atoms with Crippen molar-refractivity contribution in [3.05, 3.63) is 64.4 Å². The van der Waals surface area contributed by atoms with E-state index in [-0.39, 0.29) is 37.1 Å². The second kappa shape index (κ2) is 13.3. The van der Waals surface area contributed by atoms with E-state index in [0.29, 0.717) is 28.4 Å². The molecule has 2 aliphatic heterocycles. The van der Waals surface area contributed by atoms with Gasteiger partial charge in [0.15, 0.2) is 18.9 Å².